The molecule has 3 heterocycles. The summed E-state index contributed by atoms with van der Waals surface area (Å²) >= 11 is 0. The first kappa shape index (κ1) is 15.7. The Hall–Kier alpha value is -2.18. The lowest BCUT2D eigenvalue weighted by Gasteiger charge is -2.32. The van der Waals surface area contributed by atoms with Gasteiger partial charge in [-0.3, -0.25) is 9.48 Å². The Morgan fingerprint density at radius 2 is 2.26 bits per heavy atom. The van der Waals surface area contributed by atoms with Crippen LogP contribution in [0.3, 0.4) is 0 Å². The maximum atomic E-state index is 13.0. The Bertz CT molecular complexity index is 660. The Labute approximate surface area is 136 Å². The van der Waals surface area contributed by atoms with Crippen molar-refractivity contribution < 1.29 is 4.79 Å². The van der Waals surface area contributed by atoms with Crippen LogP contribution in [0.1, 0.15) is 61.6 Å². The minimum absolute atomic E-state index is 0.0817. The van der Waals surface area contributed by atoms with Gasteiger partial charge in [-0.2, -0.15) is 10.2 Å². The quantitative estimate of drug-likeness (QED) is 0.866. The second-order valence-corrected chi connectivity index (χ2v) is 6.36. The standard InChI is InChI=1S/C16H24N6O/c1-4-21-9-14(15(19-21)12(2)3)16(23)20-7-5-6-13(8-20)22-11-17-10-18-22/h9-13H,4-8H2,1-3H3. The number of aromatic nitrogens is 5. The minimum atomic E-state index is 0.0817. The number of likely N-dealkylation sites (tertiary alicyclic amines) is 1. The van der Waals surface area contributed by atoms with Gasteiger partial charge in [0.1, 0.15) is 12.7 Å². The van der Waals surface area contributed by atoms with Gasteiger partial charge in [-0.05, 0) is 25.7 Å². The van der Waals surface area contributed by atoms with Crippen molar-refractivity contribution >= 4 is 5.91 Å². The van der Waals surface area contributed by atoms with Gasteiger partial charge < -0.3 is 4.90 Å². The first-order valence-electron chi connectivity index (χ1n) is 8.30. The summed E-state index contributed by atoms with van der Waals surface area (Å²) in [6.45, 7) is 8.43. The lowest BCUT2D eigenvalue weighted by molar-refractivity contribution is 0.0671. The molecule has 1 saturated heterocycles. The molecule has 1 amide bonds. The maximum absolute atomic E-state index is 13.0. The molecule has 3 rings (SSSR count). The summed E-state index contributed by atoms with van der Waals surface area (Å²) in [4.78, 5) is 18.9. The van der Waals surface area contributed by atoms with E-state index in [1.54, 1.807) is 12.7 Å². The zero-order chi connectivity index (χ0) is 16.4. The van der Waals surface area contributed by atoms with Crippen molar-refractivity contribution in [1.29, 1.82) is 0 Å². The Morgan fingerprint density at radius 3 is 2.91 bits per heavy atom. The van der Waals surface area contributed by atoms with Crippen molar-refractivity contribution in [3.8, 4) is 0 Å². The molecule has 1 unspecified atom stereocenters. The van der Waals surface area contributed by atoms with E-state index < -0.39 is 0 Å². The number of nitrogens with zero attached hydrogens (tertiary/aromatic N) is 6. The molecular weight excluding hydrogens is 292 g/mol. The summed E-state index contributed by atoms with van der Waals surface area (Å²) in [6.07, 6.45) is 7.17. The van der Waals surface area contributed by atoms with Gasteiger partial charge in [-0.25, -0.2) is 9.67 Å². The van der Waals surface area contributed by atoms with E-state index in [1.165, 1.54) is 0 Å². The van der Waals surface area contributed by atoms with E-state index in [-0.39, 0.29) is 17.9 Å². The van der Waals surface area contributed by atoms with Crippen LogP contribution in [0.15, 0.2) is 18.9 Å². The zero-order valence-electron chi connectivity index (χ0n) is 14.0. The average Bonchev–Trinajstić information content (AvgIpc) is 3.23. The number of hydrogen-bond donors (Lipinski definition) is 0. The van der Waals surface area contributed by atoms with E-state index in [9.17, 15) is 4.79 Å². The van der Waals surface area contributed by atoms with E-state index >= 15 is 0 Å². The first-order valence-corrected chi connectivity index (χ1v) is 8.30. The normalized spacial score (nSPS) is 18.6. The lowest BCUT2D eigenvalue weighted by atomic mass is 10.0. The van der Waals surface area contributed by atoms with Gasteiger partial charge in [0.05, 0.1) is 17.3 Å². The SMILES string of the molecule is CCn1cc(C(=O)N2CCCC(n3cncn3)C2)c(C(C)C)n1. The fourth-order valence-corrected chi connectivity index (χ4v) is 3.12. The molecule has 0 aromatic carbocycles. The van der Waals surface area contributed by atoms with Gasteiger partial charge in [-0.1, -0.05) is 13.8 Å². The summed E-state index contributed by atoms with van der Waals surface area (Å²) < 4.78 is 3.71. The lowest BCUT2D eigenvalue weighted by Crippen LogP contribution is -2.41. The van der Waals surface area contributed by atoms with E-state index in [4.69, 9.17) is 0 Å². The molecule has 0 radical (unpaired) electrons. The predicted molar refractivity (Wildman–Crippen MR) is 86.2 cm³/mol. The van der Waals surface area contributed by atoms with E-state index in [0.717, 1.165) is 37.2 Å². The van der Waals surface area contributed by atoms with Crippen LogP contribution in [-0.4, -0.2) is 48.4 Å². The van der Waals surface area contributed by atoms with Crippen LogP contribution in [0.5, 0.6) is 0 Å². The number of piperidine rings is 1. The molecule has 2 aromatic rings. The number of carbonyl (C=O) groups excluding carboxylic acids is 1. The number of hydrogen-bond acceptors (Lipinski definition) is 4. The summed E-state index contributed by atoms with van der Waals surface area (Å²) in [5, 5.41) is 8.78. The number of aryl methyl sites for hydroxylation is 1. The van der Waals surface area contributed by atoms with Crippen molar-refractivity contribution in [3.05, 3.63) is 30.1 Å². The molecular formula is C16H24N6O. The largest absolute Gasteiger partial charge is 0.336 e. The number of carbonyl (C=O) groups is 1. The van der Waals surface area contributed by atoms with Gasteiger partial charge in [0.25, 0.3) is 5.91 Å². The molecule has 1 fully saturated rings. The molecule has 23 heavy (non-hydrogen) atoms. The summed E-state index contributed by atoms with van der Waals surface area (Å²) in [7, 11) is 0. The van der Waals surface area contributed by atoms with E-state index in [1.807, 2.05) is 27.4 Å². The van der Waals surface area contributed by atoms with Crippen LogP contribution in [-0.2, 0) is 6.54 Å². The third kappa shape index (κ3) is 3.13. The van der Waals surface area contributed by atoms with Crippen LogP contribution in [0.2, 0.25) is 0 Å². The molecule has 0 spiro atoms. The fraction of sp³-hybridized carbons (Fsp3) is 0.625. The molecule has 0 aliphatic carbocycles. The number of amides is 1. The second-order valence-electron chi connectivity index (χ2n) is 6.36. The van der Waals surface area contributed by atoms with Crippen LogP contribution in [0, 0.1) is 0 Å². The van der Waals surface area contributed by atoms with Crippen LogP contribution < -0.4 is 0 Å². The molecule has 7 heteroatoms. The molecule has 1 aliphatic heterocycles. The molecule has 7 nitrogen and oxygen atoms in total. The molecule has 0 saturated carbocycles. The van der Waals surface area contributed by atoms with Crippen LogP contribution in [0.25, 0.3) is 0 Å². The molecule has 124 valence electrons. The highest BCUT2D eigenvalue weighted by Gasteiger charge is 2.29. The van der Waals surface area contributed by atoms with Crippen LogP contribution >= 0.6 is 0 Å². The van der Waals surface area contributed by atoms with E-state index in [0.29, 0.717) is 6.54 Å². The van der Waals surface area contributed by atoms with E-state index in [2.05, 4.69) is 29.0 Å². The van der Waals surface area contributed by atoms with Gasteiger partial charge >= 0.3 is 0 Å². The molecule has 0 bridgehead atoms. The summed E-state index contributed by atoms with van der Waals surface area (Å²) in [6, 6.07) is 0.207. The smallest absolute Gasteiger partial charge is 0.257 e. The second kappa shape index (κ2) is 6.52. The maximum Gasteiger partial charge on any atom is 0.257 e. The fourth-order valence-electron chi connectivity index (χ4n) is 3.12. The highest BCUT2D eigenvalue weighted by Crippen LogP contribution is 2.24. The zero-order valence-corrected chi connectivity index (χ0v) is 14.0. The minimum Gasteiger partial charge on any atom is -0.336 e. The third-order valence-electron chi connectivity index (χ3n) is 4.39. The highest BCUT2D eigenvalue weighted by atomic mass is 16.2. The highest BCUT2D eigenvalue weighted by molar-refractivity contribution is 5.95. The average molecular weight is 316 g/mol. The Kier molecular flexibility index (Phi) is 4.45. The first-order chi connectivity index (χ1) is 11.1. The number of rotatable bonds is 4. The third-order valence-corrected chi connectivity index (χ3v) is 4.39. The summed E-state index contributed by atoms with van der Waals surface area (Å²) in [5.74, 6) is 0.316. The van der Waals surface area contributed by atoms with Crippen LogP contribution in [0.4, 0.5) is 0 Å². The monoisotopic (exact) mass is 316 g/mol. The van der Waals surface area contributed by atoms with Crippen molar-refractivity contribution in [2.24, 2.45) is 0 Å². The van der Waals surface area contributed by atoms with Crippen molar-refractivity contribution in [2.75, 3.05) is 13.1 Å². The van der Waals surface area contributed by atoms with Gasteiger partial charge in [0, 0.05) is 25.8 Å². The van der Waals surface area contributed by atoms with Gasteiger partial charge in [0.2, 0.25) is 0 Å². The van der Waals surface area contributed by atoms with Crippen molar-refractivity contribution in [3.63, 3.8) is 0 Å². The molecule has 1 aliphatic rings. The van der Waals surface area contributed by atoms with Crippen molar-refractivity contribution in [2.45, 2.75) is 52.1 Å². The molecule has 0 N–H and O–H groups in total. The van der Waals surface area contributed by atoms with Gasteiger partial charge in [-0.15, -0.1) is 0 Å². The Morgan fingerprint density at radius 1 is 1.43 bits per heavy atom. The van der Waals surface area contributed by atoms with Gasteiger partial charge in [0.15, 0.2) is 0 Å². The summed E-state index contributed by atoms with van der Waals surface area (Å²) in [5.41, 5.74) is 1.63. The predicted octanol–water partition coefficient (Wildman–Crippen LogP) is 2.10. The molecule has 1 atom stereocenters. The van der Waals surface area contributed by atoms with Crippen molar-refractivity contribution in [1.82, 2.24) is 29.4 Å². The molecule has 2 aromatic heterocycles. The topological polar surface area (TPSA) is 68.8 Å². The Balaban J connectivity index is 1.81.